The molecule has 1 rings (SSSR count). The molecule has 3 heteroatoms. The molecular weight excluding hydrogens is 183 g/mol. The van der Waals surface area contributed by atoms with Crippen LogP contribution in [-0.2, 0) is 0 Å². The lowest BCUT2D eigenvalue weighted by Crippen LogP contribution is -2.03. The molecule has 0 spiro atoms. The van der Waals surface area contributed by atoms with E-state index in [1.165, 1.54) is 18.2 Å². The fourth-order valence-corrected chi connectivity index (χ4v) is 1.19. The predicted octanol–water partition coefficient (Wildman–Crippen LogP) is 2.82. The average Bonchev–Trinajstić information content (AvgIpc) is 2.20. The highest BCUT2D eigenvalue weighted by Crippen LogP contribution is 2.21. The van der Waals surface area contributed by atoms with Gasteiger partial charge >= 0.3 is 0 Å². The summed E-state index contributed by atoms with van der Waals surface area (Å²) in [5.41, 5.74) is 0.328. The lowest BCUT2D eigenvalue weighted by atomic mass is 10.1. The first-order valence-corrected chi connectivity index (χ1v) is 4.64. The SMILES string of the molecule is CCOc1ccc(F)cc1C(=O)CC. The standard InChI is InChI=1S/C11H13FO2/c1-3-10(13)9-7-8(12)5-6-11(9)14-4-2/h5-7H,3-4H2,1-2H3. The maximum Gasteiger partial charge on any atom is 0.166 e. The highest BCUT2D eigenvalue weighted by molar-refractivity contribution is 5.98. The van der Waals surface area contributed by atoms with Crippen LogP contribution in [0.25, 0.3) is 0 Å². The van der Waals surface area contributed by atoms with E-state index >= 15 is 0 Å². The second-order valence-electron chi connectivity index (χ2n) is 2.85. The fraction of sp³-hybridized carbons (Fsp3) is 0.364. The first-order valence-electron chi connectivity index (χ1n) is 4.64. The summed E-state index contributed by atoms with van der Waals surface area (Å²) in [6, 6.07) is 4.00. The minimum atomic E-state index is -0.412. The molecule has 0 heterocycles. The summed E-state index contributed by atoms with van der Waals surface area (Å²) in [5, 5.41) is 0. The number of rotatable bonds is 4. The molecule has 0 aliphatic carbocycles. The molecule has 1 aromatic rings. The van der Waals surface area contributed by atoms with Gasteiger partial charge in [0.2, 0.25) is 0 Å². The number of ketones is 1. The van der Waals surface area contributed by atoms with Crippen molar-refractivity contribution in [3.05, 3.63) is 29.6 Å². The number of halogens is 1. The van der Waals surface area contributed by atoms with Crippen LogP contribution in [0.4, 0.5) is 4.39 Å². The van der Waals surface area contributed by atoms with E-state index in [-0.39, 0.29) is 5.78 Å². The third-order valence-electron chi connectivity index (χ3n) is 1.86. The van der Waals surface area contributed by atoms with Crippen molar-refractivity contribution in [3.63, 3.8) is 0 Å². The zero-order chi connectivity index (χ0) is 10.6. The molecule has 0 saturated heterocycles. The summed E-state index contributed by atoms with van der Waals surface area (Å²) in [5.74, 6) is -0.0565. The summed E-state index contributed by atoms with van der Waals surface area (Å²) < 4.78 is 18.1. The first-order chi connectivity index (χ1) is 6.69. The van der Waals surface area contributed by atoms with E-state index in [2.05, 4.69) is 0 Å². The maximum absolute atomic E-state index is 12.9. The maximum atomic E-state index is 12.9. The van der Waals surface area contributed by atoms with Crippen molar-refractivity contribution in [1.29, 1.82) is 0 Å². The molecule has 0 atom stereocenters. The Morgan fingerprint density at radius 3 is 2.71 bits per heavy atom. The van der Waals surface area contributed by atoms with Crippen LogP contribution in [-0.4, -0.2) is 12.4 Å². The van der Waals surface area contributed by atoms with E-state index in [1.54, 1.807) is 6.92 Å². The molecule has 2 nitrogen and oxygen atoms in total. The Kier molecular flexibility index (Phi) is 3.63. The summed E-state index contributed by atoms with van der Waals surface area (Å²) in [6.45, 7) is 4.03. The molecule has 0 fully saturated rings. The number of hydrogen-bond acceptors (Lipinski definition) is 2. The van der Waals surface area contributed by atoms with E-state index in [9.17, 15) is 9.18 Å². The Labute approximate surface area is 82.7 Å². The van der Waals surface area contributed by atoms with Crippen LogP contribution in [0, 0.1) is 5.82 Å². The van der Waals surface area contributed by atoms with Gasteiger partial charge in [0.25, 0.3) is 0 Å². The summed E-state index contributed by atoms with van der Waals surface area (Å²) in [7, 11) is 0. The minimum absolute atomic E-state index is 0.104. The van der Waals surface area contributed by atoms with Gasteiger partial charge in [0, 0.05) is 6.42 Å². The molecule has 0 saturated carbocycles. The van der Waals surface area contributed by atoms with Gasteiger partial charge in [-0.3, -0.25) is 4.79 Å². The Morgan fingerprint density at radius 1 is 1.43 bits per heavy atom. The van der Waals surface area contributed by atoms with Crippen LogP contribution in [0.1, 0.15) is 30.6 Å². The second-order valence-corrected chi connectivity index (χ2v) is 2.85. The van der Waals surface area contributed by atoms with Gasteiger partial charge in [-0.2, -0.15) is 0 Å². The number of carbonyl (C=O) groups is 1. The van der Waals surface area contributed by atoms with E-state index in [0.29, 0.717) is 24.3 Å². The summed E-state index contributed by atoms with van der Waals surface area (Å²) in [4.78, 5) is 11.4. The number of Topliss-reactive ketones (excluding diaryl/α,β-unsaturated/α-hetero) is 1. The molecular formula is C11H13FO2. The highest BCUT2D eigenvalue weighted by Gasteiger charge is 2.11. The molecule has 0 aromatic heterocycles. The first kappa shape index (κ1) is 10.7. The smallest absolute Gasteiger partial charge is 0.166 e. The quantitative estimate of drug-likeness (QED) is 0.692. The van der Waals surface area contributed by atoms with E-state index < -0.39 is 5.82 Å². The van der Waals surface area contributed by atoms with Crippen LogP contribution in [0.5, 0.6) is 5.75 Å². The Morgan fingerprint density at radius 2 is 2.14 bits per heavy atom. The predicted molar refractivity (Wildman–Crippen MR) is 52.2 cm³/mol. The number of benzene rings is 1. The van der Waals surface area contributed by atoms with Crippen LogP contribution in [0.3, 0.4) is 0 Å². The molecule has 0 aliphatic heterocycles. The van der Waals surface area contributed by atoms with Gasteiger partial charge in [0.1, 0.15) is 11.6 Å². The topological polar surface area (TPSA) is 26.3 Å². The Hall–Kier alpha value is -1.38. The van der Waals surface area contributed by atoms with Crippen molar-refractivity contribution < 1.29 is 13.9 Å². The summed E-state index contributed by atoms with van der Waals surface area (Å²) in [6.07, 6.45) is 0.351. The van der Waals surface area contributed by atoms with Crippen LogP contribution in [0.2, 0.25) is 0 Å². The van der Waals surface area contributed by atoms with Gasteiger partial charge in [0.15, 0.2) is 5.78 Å². The third-order valence-corrected chi connectivity index (χ3v) is 1.86. The zero-order valence-corrected chi connectivity index (χ0v) is 8.34. The average molecular weight is 196 g/mol. The van der Waals surface area contributed by atoms with E-state index in [1.807, 2.05) is 6.92 Å². The fourth-order valence-electron chi connectivity index (χ4n) is 1.19. The van der Waals surface area contributed by atoms with E-state index in [0.717, 1.165) is 0 Å². The second kappa shape index (κ2) is 4.74. The largest absolute Gasteiger partial charge is 0.493 e. The Bertz CT molecular complexity index is 334. The van der Waals surface area contributed by atoms with Crippen molar-refractivity contribution in [3.8, 4) is 5.75 Å². The van der Waals surface area contributed by atoms with Crippen molar-refractivity contribution in [2.45, 2.75) is 20.3 Å². The van der Waals surface area contributed by atoms with Crippen LogP contribution < -0.4 is 4.74 Å². The van der Waals surface area contributed by atoms with Gasteiger partial charge in [-0.25, -0.2) is 4.39 Å². The van der Waals surface area contributed by atoms with Crippen LogP contribution in [0.15, 0.2) is 18.2 Å². The third kappa shape index (κ3) is 2.31. The van der Waals surface area contributed by atoms with Crippen LogP contribution >= 0.6 is 0 Å². The van der Waals surface area contributed by atoms with Gasteiger partial charge in [-0.1, -0.05) is 6.92 Å². The van der Waals surface area contributed by atoms with E-state index in [4.69, 9.17) is 4.74 Å². The molecule has 76 valence electrons. The molecule has 0 radical (unpaired) electrons. The molecule has 0 N–H and O–H groups in total. The van der Waals surface area contributed by atoms with Gasteiger partial charge in [-0.15, -0.1) is 0 Å². The Balaban J connectivity index is 3.08. The summed E-state index contributed by atoms with van der Waals surface area (Å²) >= 11 is 0. The van der Waals surface area contributed by atoms with Gasteiger partial charge < -0.3 is 4.74 Å². The van der Waals surface area contributed by atoms with Gasteiger partial charge in [-0.05, 0) is 25.1 Å². The highest BCUT2D eigenvalue weighted by atomic mass is 19.1. The molecule has 0 amide bonds. The molecule has 0 bridgehead atoms. The van der Waals surface area contributed by atoms with Crippen molar-refractivity contribution in [2.75, 3.05) is 6.61 Å². The monoisotopic (exact) mass is 196 g/mol. The number of hydrogen-bond donors (Lipinski definition) is 0. The minimum Gasteiger partial charge on any atom is -0.493 e. The lowest BCUT2D eigenvalue weighted by molar-refractivity contribution is 0.0984. The number of ether oxygens (including phenoxy) is 1. The van der Waals surface area contributed by atoms with Crippen molar-refractivity contribution >= 4 is 5.78 Å². The number of carbonyl (C=O) groups excluding carboxylic acids is 1. The van der Waals surface area contributed by atoms with Crippen molar-refractivity contribution in [2.24, 2.45) is 0 Å². The molecule has 0 unspecified atom stereocenters. The molecule has 1 aromatic carbocycles. The molecule has 0 aliphatic rings. The van der Waals surface area contributed by atoms with Crippen molar-refractivity contribution in [1.82, 2.24) is 0 Å². The molecule has 14 heavy (non-hydrogen) atoms. The zero-order valence-electron chi connectivity index (χ0n) is 8.34. The van der Waals surface area contributed by atoms with Gasteiger partial charge in [0.05, 0.1) is 12.2 Å². The lowest BCUT2D eigenvalue weighted by Gasteiger charge is -2.08. The normalized spacial score (nSPS) is 9.93.